The SMILES string of the molecule is OC[C@@H](Cc1ccccc1)NC1CCCNC1. The Morgan fingerprint density at radius 2 is 2.18 bits per heavy atom. The van der Waals surface area contributed by atoms with Crippen molar-refractivity contribution in [3.05, 3.63) is 35.9 Å². The summed E-state index contributed by atoms with van der Waals surface area (Å²) in [5, 5.41) is 16.4. The predicted molar refractivity (Wildman–Crippen MR) is 70.0 cm³/mol. The molecule has 0 amide bonds. The van der Waals surface area contributed by atoms with E-state index in [0.717, 1.165) is 19.5 Å². The van der Waals surface area contributed by atoms with E-state index >= 15 is 0 Å². The van der Waals surface area contributed by atoms with Crippen LogP contribution in [0.1, 0.15) is 18.4 Å². The number of rotatable bonds is 5. The average molecular weight is 234 g/mol. The summed E-state index contributed by atoms with van der Waals surface area (Å²) < 4.78 is 0. The van der Waals surface area contributed by atoms with Crippen molar-refractivity contribution in [3.8, 4) is 0 Å². The first-order chi connectivity index (χ1) is 8.38. The van der Waals surface area contributed by atoms with Gasteiger partial charge in [-0.3, -0.25) is 0 Å². The van der Waals surface area contributed by atoms with Crippen molar-refractivity contribution < 1.29 is 5.11 Å². The van der Waals surface area contributed by atoms with Crippen LogP contribution in [-0.2, 0) is 6.42 Å². The lowest BCUT2D eigenvalue weighted by Gasteiger charge is -2.28. The molecule has 17 heavy (non-hydrogen) atoms. The van der Waals surface area contributed by atoms with E-state index in [1.165, 1.54) is 18.4 Å². The molecule has 1 aromatic carbocycles. The molecule has 0 aromatic heterocycles. The molecule has 94 valence electrons. The minimum absolute atomic E-state index is 0.169. The number of aliphatic hydroxyl groups excluding tert-OH is 1. The Kier molecular flexibility index (Phi) is 4.98. The van der Waals surface area contributed by atoms with Crippen molar-refractivity contribution in [1.82, 2.24) is 10.6 Å². The lowest BCUT2D eigenvalue weighted by Crippen LogP contribution is -2.49. The second-order valence-corrected chi connectivity index (χ2v) is 4.78. The monoisotopic (exact) mass is 234 g/mol. The van der Waals surface area contributed by atoms with Crippen LogP contribution in [0.4, 0.5) is 0 Å². The summed E-state index contributed by atoms with van der Waals surface area (Å²) >= 11 is 0. The van der Waals surface area contributed by atoms with Gasteiger partial charge in [0.25, 0.3) is 0 Å². The summed E-state index contributed by atoms with van der Waals surface area (Å²) in [5.74, 6) is 0. The Hall–Kier alpha value is -0.900. The van der Waals surface area contributed by atoms with Gasteiger partial charge in [0.05, 0.1) is 6.61 Å². The van der Waals surface area contributed by atoms with Crippen LogP contribution in [0, 0.1) is 0 Å². The van der Waals surface area contributed by atoms with Crippen LogP contribution in [0.5, 0.6) is 0 Å². The number of hydrogen-bond donors (Lipinski definition) is 3. The summed E-state index contributed by atoms with van der Waals surface area (Å²) in [5.41, 5.74) is 1.28. The molecule has 1 heterocycles. The van der Waals surface area contributed by atoms with Crippen molar-refractivity contribution >= 4 is 0 Å². The van der Waals surface area contributed by atoms with Gasteiger partial charge in [0.1, 0.15) is 0 Å². The van der Waals surface area contributed by atoms with Crippen LogP contribution in [-0.4, -0.2) is 36.9 Å². The molecule has 0 aliphatic carbocycles. The molecule has 0 bridgehead atoms. The highest BCUT2D eigenvalue weighted by molar-refractivity contribution is 5.16. The van der Waals surface area contributed by atoms with Gasteiger partial charge >= 0.3 is 0 Å². The van der Waals surface area contributed by atoms with Gasteiger partial charge in [-0.2, -0.15) is 0 Å². The zero-order valence-electron chi connectivity index (χ0n) is 10.2. The third kappa shape index (κ3) is 4.11. The maximum absolute atomic E-state index is 9.44. The minimum Gasteiger partial charge on any atom is -0.395 e. The van der Waals surface area contributed by atoms with E-state index in [4.69, 9.17) is 0 Å². The van der Waals surface area contributed by atoms with Gasteiger partial charge in [0, 0.05) is 18.6 Å². The van der Waals surface area contributed by atoms with Crippen LogP contribution in [0.2, 0.25) is 0 Å². The lowest BCUT2D eigenvalue weighted by atomic mass is 10.0. The third-order valence-corrected chi connectivity index (χ3v) is 3.31. The maximum atomic E-state index is 9.44. The molecule has 1 unspecified atom stereocenters. The summed E-state index contributed by atoms with van der Waals surface area (Å²) in [6.07, 6.45) is 3.33. The predicted octanol–water partition coefficient (Wildman–Crippen LogP) is 0.932. The van der Waals surface area contributed by atoms with Gasteiger partial charge in [0.15, 0.2) is 0 Å². The standard InChI is InChI=1S/C14H22N2O/c17-11-14(9-12-5-2-1-3-6-12)16-13-7-4-8-15-10-13/h1-3,5-6,13-17H,4,7-11H2/t13?,14-/m1/s1. The summed E-state index contributed by atoms with van der Waals surface area (Å²) in [4.78, 5) is 0. The highest BCUT2D eigenvalue weighted by Gasteiger charge is 2.17. The Balaban J connectivity index is 1.83. The van der Waals surface area contributed by atoms with E-state index in [9.17, 15) is 5.11 Å². The molecule has 2 rings (SSSR count). The molecule has 1 aromatic rings. The van der Waals surface area contributed by atoms with Crippen LogP contribution in [0.25, 0.3) is 0 Å². The number of benzene rings is 1. The number of piperidine rings is 1. The van der Waals surface area contributed by atoms with Gasteiger partial charge in [0.2, 0.25) is 0 Å². The smallest absolute Gasteiger partial charge is 0.0587 e. The van der Waals surface area contributed by atoms with E-state index in [1.54, 1.807) is 0 Å². The van der Waals surface area contributed by atoms with E-state index < -0.39 is 0 Å². The molecular formula is C14H22N2O. The molecule has 2 atom stereocenters. The highest BCUT2D eigenvalue weighted by Crippen LogP contribution is 2.07. The molecule has 1 fully saturated rings. The first kappa shape index (κ1) is 12.6. The Morgan fingerprint density at radius 1 is 1.35 bits per heavy atom. The summed E-state index contributed by atoms with van der Waals surface area (Å²) in [6.45, 7) is 2.34. The fraction of sp³-hybridized carbons (Fsp3) is 0.571. The average Bonchev–Trinajstić information content (AvgIpc) is 2.40. The largest absolute Gasteiger partial charge is 0.395 e. The highest BCUT2D eigenvalue weighted by atomic mass is 16.3. The maximum Gasteiger partial charge on any atom is 0.0587 e. The Labute approximate surface area is 103 Å². The molecule has 1 aliphatic heterocycles. The molecule has 3 N–H and O–H groups in total. The molecule has 1 saturated heterocycles. The van der Waals surface area contributed by atoms with Gasteiger partial charge in [-0.1, -0.05) is 30.3 Å². The van der Waals surface area contributed by atoms with Crippen molar-refractivity contribution in [3.63, 3.8) is 0 Å². The quantitative estimate of drug-likeness (QED) is 0.710. The van der Waals surface area contributed by atoms with Crippen LogP contribution in [0.3, 0.4) is 0 Å². The third-order valence-electron chi connectivity index (χ3n) is 3.31. The first-order valence-corrected chi connectivity index (χ1v) is 6.50. The van der Waals surface area contributed by atoms with E-state index in [-0.39, 0.29) is 12.6 Å². The van der Waals surface area contributed by atoms with E-state index in [2.05, 4.69) is 22.8 Å². The number of hydrogen-bond acceptors (Lipinski definition) is 3. The zero-order chi connectivity index (χ0) is 11.9. The van der Waals surface area contributed by atoms with Crippen molar-refractivity contribution in [2.24, 2.45) is 0 Å². The fourth-order valence-corrected chi connectivity index (χ4v) is 2.40. The van der Waals surface area contributed by atoms with Crippen molar-refractivity contribution in [1.29, 1.82) is 0 Å². The van der Waals surface area contributed by atoms with Gasteiger partial charge in [-0.05, 0) is 31.4 Å². The number of nitrogens with one attached hydrogen (secondary N) is 2. The van der Waals surface area contributed by atoms with Crippen LogP contribution in [0.15, 0.2) is 30.3 Å². The molecule has 3 heteroatoms. The van der Waals surface area contributed by atoms with E-state index in [1.807, 2.05) is 18.2 Å². The second kappa shape index (κ2) is 6.74. The zero-order valence-corrected chi connectivity index (χ0v) is 10.2. The molecular weight excluding hydrogens is 212 g/mol. The Bertz CT molecular complexity index is 309. The van der Waals surface area contributed by atoms with E-state index in [0.29, 0.717) is 6.04 Å². The van der Waals surface area contributed by atoms with Gasteiger partial charge in [-0.25, -0.2) is 0 Å². The first-order valence-electron chi connectivity index (χ1n) is 6.50. The second-order valence-electron chi connectivity index (χ2n) is 4.78. The van der Waals surface area contributed by atoms with Crippen molar-refractivity contribution in [2.45, 2.75) is 31.3 Å². The molecule has 3 nitrogen and oxygen atoms in total. The molecule has 1 aliphatic rings. The topological polar surface area (TPSA) is 44.3 Å². The Morgan fingerprint density at radius 3 is 2.82 bits per heavy atom. The normalized spacial score (nSPS) is 22.3. The fourth-order valence-electron chi connectivity index (χ4n) is 2.40. The molecule has 0 saturated carbocycles. The number of aliphatic hydroxyl groups is 1. The summed E-state index contributed by atoms with van der Waals surface area (Å²) in [6, 6.07) is 11.0. The van der Waals surface area contributed by atoms with Crippen molar-refractivity contribution in [2.75, 3.05) is 19.7 Å². The van der Waals surface area contributed by atoms with Crippen LogP contribution >= 0.6 is 0 Å². The summed E-state index contributed by atoms with van der Waals surface area (Å²) in [7, 11) is 0. The van der Waals surface area contributed by atoms with Gasteiger partial charge < -0.3 is 15.7 Å². The molecule has 0 spiro atoms. The molecule has 0 radical (unpaired) electrons. The van der Waals surface area contributed by atoms with Crippen LogP contribution < -0.4 is 10.6 Å². The van der Waals surface area contributed by atoms with Gasteiger partial charge in [-0.15, -0.1) is 0 Å². The minimum atomic E-state index is 0.169. The lowest BCUT2D eigenvalue weighted by molar-refractivity contribution is 0.221.